The van der Waals surface area contributed by atoms with E-state index in [0.29, 0.717) is 5.82 Å². The first-order chi connectivity index (χ1) is 12.8. The molecular weight excluding hydrogens is 324 g/mol. The van der Waals surface area contributed by atoms with Crippen LogP contribution in [-0.2, 0) is 4.84 Å². The van der Waals surface area contributed by atoms with Crippen LogP contribution in [0.1, 0.15) is 5.56 Å². The van der Waals surface area contributed by atoms with Crippen molar-refractivity contribution in [2.75, 3.05) is 12.6 Å². The summed E-state index contributed by atoms with van der Waals surface area (Å²) in [4.78, 5) is 19.1. The number of rotatable bonds is 4. The molecular formula is C21H18N4O. The molecule has 1 N–H and O–H groups in total. The molecule has 2 aromatic heterocycles. The fraction of sp³-hybridized carbons (Fsp3) is 0.0952. The number of aryl methyl sites for hydroxylation is 1. The Bertz CT molecular complexity index is 1080. The zero-order chi connectivity index (χ0) is 17.9. The van der Waals surface area contributed by atoms with Crippen LogP contribution in [0, 0.1) is 6.92 Å². The third kappa shape index (κ3) is 3.00. The number of nitrogens with zero attached hydrogens (tertiary/aromatic N) is 3. The number of fused-ring (bicyclic) bond motifs is 1. The molecule has 0 saturated heterocycles. The van der Waals surface area contributed by atoms with Gasteiger partial charge in [0.25, 0.3) is 0 Å². The summed E-state index contributed by atoms with van der Waals surface area (Å²) in [7, 11) is 1.59. The van der Waals surface area contributed by atoms with Crippen LogP contribution in [0.4, 0.5) is 5.69 Å². The SMILES string of the molecule is CONc1ccccc1-c1nc(-c2ncc3ccccc3n2)ccc1C. The summed E-state index contributed by atoms with van der Waals surface area (Å²) >= 11 is 0. The van der Waals surface area contributed by atoms with Crippen LogP contribution in [0.2, 0.25) is 0 Å². The lowest BCUT2D eigenvalue weighted by Gasteiger charge is -2.13. The standard InChI is InChI=1S/C21H18N4O/c1-14-11-12-19(21-22-13-15-7-3-5-9-17(15)24-21)23-20(14)16-8-4-6-10-18(16)25-26-2/h3-13,25H,1-2H3. The molecule has 128 valence electrons. The van der Waals surface area contributed by atoms with Gasteiger partial charge in [-0.25, -0.2) is 15.0 Å². The maximum absolute atomic E-state index is 5.09. The number of pyridine rings is 1. The molecule has 0 atom stereocenters. The second kappa shape index (κ2) is 6.90. The second-order valence-corrected chi connectivity index (χ2v) is 5.97. The van der Waals surface area contributed by atoms with Gasteiger partial charge in [0.1, 0.15) is 5.69 Å². The third-order valence-electron chi connectivity index (χ3n) is 4.21. The summed E-state index contributed by atoms with van der Waals surface area (Å²) in [6.07, 6.45) is 1.83. The van der Waals surface area contributed by atoms with Gasteiger partial charge in [-0.1, -0.05) is 42.5 Å². The third-order valence-corrected chi connectivity index (χ3v) is 4.21. The predicted molar refractivity (Wildman–Crippen MR) is 104 cm³/mol. The Morgan fingerprint density at radius 3 is 2.58 bits per heavy atom. The molecule has 0 amide bonds. The largest absolute Gasteiger partial charge is 0.279 e. The lowest BCUT2D eigenvalue weighted by molar-refractivity contribution is 0.271. The number of hydrogen-bond donors (Lipinski definition) is 1. The van der Waals surface area contributed by atoms with Crippen molar-refractivity contribution in [2.24, 2.45) is 0 Å². The maximum Gasteiger partial charge on any atom is 0.178 e. The fourth-order valence-corrected chi connectivity index (χ4v) is 2.91. The van der Waals surface area contributed by atoms with E-state index in [-0.39, 0.29) is 0 Å². The molecule has 2 heterocycles. The van der Waals surface area contributed by atoms with Crippen LogP contribution in [-0.4, -0.2) is 22.1 Å². The molecule has 5 nitrogen and oxygen atoms in total. The monoisotopic (exact) mass is 342 g/mol. The van der Waals surface area contributed by atoms with Crippen LogP contribution < -0.4 is 5.48 Å². The topological polar surface area (TPSA) is 59.9 Å². The lowest BCUT2D eigenvalue weighted by Crippen LogP contribution is -2.00. The fourth-order valence-electron chi connectivity index (χ4n) is 2.91. The van der Waals surface area contributed by atoms with Crippen molar-refractivity contribution in [1.29, 1.82) is 0 Å². The Kier molecular flexibility index (Phi) is 4.29. The van der Waals surface area contributed by atoms with E-state index in [2.05, 4.69) is 15.4 Å². The molecule has 26 heavy (non-hydrogen) atoms. The molecule has 0 aliphatic rings. The molecule has 0 aliphatic carbocycles. The maximum atomic E-state index is 5.09. The Balaban J connectivity index is 1.84. The number of benzene rings is 2. The van der Waals surface area contributed by atoms with Gasteiger partial charge in [-0.2, -0.15) is 0 Å². The quantitative estimate of drug-likeness (QED) is 0.548. The van der Waals surface area contributed by atoms with Crippen molar-refractivity contribution in [3.05, 3.63) is 72.4 Å². The number of anilines is 1. The van der Waals surface area contributed by atoms with E-state index in [1.165, 1.54) is 0 Å². The van der Waals surface area contributed by atoms with Gasteiger partial charge in [0.15, 0.2) is 5.82 Å². The average molecular weight is 342 g/mol. The Morgan fingerprint density at radius 2 is 1.69 bits per heavy atom. The summed E-state index contributed by atoms with van der Waals surface area (Å²) < 4.78 is 0. The minimum Gasteiger partial charge on any atom is -0.279 e. The van der Waals surface area contributed by atoms with Crippen LogP contribution in [0.25, 0.3) is 33.7 Å². The highest BCUT2D eigenvalue weighted by molar-refractivity contribution is 5.80. The van der Waals surface area contributed by atoms with E-state index in [4.69, 9.17) is 9.82 Å². The summed E-state index contributed by atoms with van der Waals surface area (Å²) in [6.45, 7) is 2.04. The zero-order valence-corrected chi connectivity index (χ0v) is 14.6. The molecule has 0 fully saturated rings. The molecule has 4 aromatic rings. The van der Waals surface area contributed by atoms with Crippen molar-refractivity contribution in [2.45, 2.75) is 6.92 Å². The molecule has 4 rings (SSSR count). The summed E-state index contributed by atoms with van der Waals surface area (Å²) in [5.74, 6) is 0.613. The second-order valence-electron chi connectivity index (χ2n) is 5.97. The van der Waals surface area contributed by atoms with Crippen LogP contribution in [0.15, 0.2) is 66.9 Å². The Morgan fingerprint density at radius 1 is 0.885 bits per heavy atom. The molecule has 2 aromatic carbocycles. The van der Waals surface area contributed by atoms with Crippen molar-refractivity contribution >= 4 is 16.6 Å². The van der Waals surface area contributed by atoms with Crippen LogP contribution in [0.5, 0.6) is 0 Å². The molecule has 0 aliphatic heterocycles. The highest BCUT2D eigenvalue weighted by Crippen LogP contribution is 2.30. The van der Waals surface area contributed by atoms with Crippen molar-refractivity contribution in [1.82, 2.24) is 15.0 Å². The van der Waals surface area contributed by atoms with E-state index in [9.17, 15) is 0 Å². The molecule has 0 saturated carbocycles. The van der Waals surface area contributed by atoms with E-state index in [1.807, 2.05) is 73.8 Å². The van der Waals surface area contributed by atoms with Gasteiger partial charge in [-0.05, 0) is 30.7 Å². The number of aromatic nitrogens is 3. The minimum atomic E-state index is 0.613. The first kappa shape index (κ1) is 16.2. The normalized spacial score (nSPS) is 10.8. The molecule has 0 radical (unpaired) electrons. The van der Waals surface area contributed by atoms with Gasteiger partial charge in [-0.3, -0.25) is 10.3 Å². The van der Waals surface area contributed by atoms with Gasteiger partial charge < -0.3 is 0 Å². The lowest BCUT2D eigenvalue weighted by atomic mass is 10.0. The van der Waals surface area contributed by atoms with E-state index in [1.54, 1.807) is 7.11 Å². The van der Waals surface area contributed by atoms with Crippen molar-refractivity contribution in [3.63, 3.8) is 0 Å². The van der Waals surface area contributed by atoms with E-state index >= 15 is 0 Å². The van der Waals surface area contributed by atoms with Gasteiger partial charge in [0, 0.05) is 17.1 Å². The number of para-hydroxylation sites is 2. The zero-order valence-electron chi connectivity index (χ0n) is 14.6. The molecule has 0 bridgehead atoms. The molecule has 0 spiro atoms. The van der Waals surface area contributed by atoms with Gasteiger partial charge in [0.2, 0.25) is 0 Å². The first-order valence-corrected chi connectivity index (χ1v) is 8.34. The minimum absolute atomic E-state index is 0.613. The summed E-state index contributed by atoms with van der Waals surface area (Å²) in [6, 6.07) is 19.8. The molecule has 5 heteroatoms. The van der Waals surface area contributed by atoms with Gasteiger partial charge in [0.05, 0.1) is 24.0 Å². The Labute approximate surface area is 151 Å². The summed E-state index contributed by atoms with van der Waals surface area (Å²) in [5, 5.41) is 1.01. The van der Waals surface area contributed by atoms with Gasteiger partial charge >= 0.3 is 0 Å². The van der Waals surface area contributed by atoms with Crippen molar-refractivity contribution in [3.8, 4) is 22.8 Å². The van der Waals surface area contributed by atoms with E-state index in [0.717, 1.165) is 39.1 Å². The van der Waals surface area contributed by atoms with Crippen molar-refractivity contribution < 1.29 is 4.84 Å². The van der Waals surface area contributed by atoms with Crippen LogP contribution >= 0.6 is 0 Å². The number of nitrogens with one attached hydrogen (secondary N) is 1. The Hall–Kier alpha value is -3.31. The highest BCUT2D eigenvalue weighted by atomic mass is 16.6. The average Bonchev–Trinajstić information content (AvgIpc) is 2.69. The molecule has 0 unspecified atom stereocenters. The van der Waals surface area contributed by atoms with Crippen LogP contribution in [0.3, 0.4) is 0 Å². The number of hydrogen-bond acceptors (Lipinski definition) is 5. The van der Waals surface area contributed by atoms with E-state index < -0.39 is 0 Å². The summed E-state index contributed by atoms with van der Waals surface area (Å²) in [5.41, 5.74) is 8.33. The smallest absolute Gasteiger partial charge is 0.178 e. The first-order valence-electron chi connectivity index (χ1n) is 8.34. The highest BCUT2D eigenvalue weighted by Gasteiger charge is 2.12. The predicted octanol–water partition coefficient (Wildman–Crippen LogP) is 4.64. The van der Waals surface area contributed by atoms with Gasteiger partial charge in [-0.15, -0.1) is 0 Å².